The van der Waals surface area contributed by atoms with Gasteiger partial charge in [0.05, 0.1) is 6.61 Å². The molecule has 0 bridgehead atoms. The van der Waals surface area contributed by atoms with E-state index in [1.165, 1.54) is 14.2 Å². The Kier molecular flexibility index (Phi) is 4.00. The Morgan fingerprint density at radius 3 is 2.56 bits per heavy atom. The summed E-state index contributed by atoms with van der Waals surface area (Å²) in [6.45, 7) is -0.282. The summed E-state index contributed by atoms with van der Waals surface area (Å²) in [4.78, 5) is 10.6. The summed E-state index contributed by atoms with van der Waals surface area (Å²) in [5, 5.41) is 10.8. The van der Waals surface area contributed by atoms with Crippen LogP contribution in [0, 0.1) is 0 Å². The van der Waals surface area contributed by atoms with Crippen LogP contribution in [0.4, 0.5) is 0 Å². The Labute approximate surface area is 53.8 Å². The van der Waals surface area contributed by atoms with E-state index in [1.54, 1.807) is 0 Å². The molecule has 0 aromatic heterocycles. The zero-order valence-electron chi connectivity index (χ0n) is 5.55. The lowest BCUT2D eigenvalue weighted by Gasteiger charge is -2.08. The molecule has 0 aliphatic carbocycles. The number of hydrogen-bond donors (Lipinski definition) is 2. The number of rotatable bonds is 3. The van der Waals surface area contributed by atoms with Crippen LogP contribution in [-0.2, 0) is 9.53 Å². The number of ether oxygens (including phenoxy) is 1. The Hall–Kier alpha value is -0.610. The molecule has 4 nitrogen and oxygen atoms in total. The highest BCUT2D eigenvalue weighted by Gasteiger charge is 2.13. The van der Waals surface area contributed by atoms with Crippen LogP contribution in [0.15, 0.2) is 0 Å². The van der Waals surface area contributed by atoms with Gasteiger partial charge in [0.2, 0.25) is 0 Å². The van der Waals surface area contributed by atoms with E-state index in [-0.39, 0.29) is 12.5 Å². The van der Waals surface area contributed by atoms with Crippen LogP contribution >= 0.6 is 0 Å². The second kappa shape index (κ2) is 4.29. The van der Waals surface area contributed by atoms with E-state index in [9.17, 15) is 4.79 Å². The van der Waals surface area contributed by atoms with Gasteiger partial charge in [-0.15, -0.1) is 0 Å². The molecule has 0 aliphatic heterocycles. The van der Waals surface area contributed by atoms with Crippen LogP contribution in [0.3, 0.4) is 0 Å². The third-order valence-electron chi connectivity index (χ3n) is 0.989. The van der Waals surface area contributed by atoms with Crippen LogP contribution in [0.25, 0.3) is 0 Å². The number of hydrogen-bond acceptors (Lipinski definition) is 3. The van der Waals surface area contributed by atoms with Crippen molar-refractivity contribution in [2.45, 2.75) is 6.10 Å². The van der Waals surface area contributed by atoms with E-state index < -0.39 is 6.10 Å². The first-order valence-corrected chi connectivity index (χ1v) is 2.61. The minimum Gasteiger partial charge on any atom is -0.393 e. The molecule has 0 fully saturated rings. The summed E-state index contributed by atoms with van der Waals surface area (Å²) in [6, 6.07) is 0. The normalized spacial score (nSPS) is 12.8. The fraction of sp³-hybridized carbons (Fsp3) is 0.800. The monoisotopic (exact) mass is 133 g/mol. The van der Waals surface area contributed by atoms with Crippen molar-refractivity contribution in [1.29, 1.82) is 0 Å². The third kappa shape index (κ3) is 2.43. The number of amides is 1. The predicted molar refractivity (Wildman–Crippen MR) is 31.9 cm³/mol. The van der Waals surface area contributed by atoms with Gasteiger partial charge in [-0.2, -0.15) is 0 Å². The Balaban J connectivity index is 3.64. The van der Waals surface area contributed by atoms with Crippen molar-refractivity contribution in [3.63, 3.8) is 0 Å². The summed E-state index contributed by atoms with van der Waals surface area (Å²) in [5.41, 5.74) is 0. The number of carbonyl (C=O) groups excluding carboxylic acids is 1. The maximum atomic E-state index is 10.6. The van der Waals surface area contributed by atoms with Crippen molar-refractivity contribution in [1.82, 2.24) is 5.32 Å². The van der Waals surface area contributed by atoms with Crippen LogP contribution in [0.2, 0.25) is 0 Å². The summed E-state index contributed by atoms with van der Waals surface area (Å²) >= 11 is 0. The van der Waals surface area contributed by atoms with E-state index in [4.69, 9.17) is 5.11 Å². The molecule has 2 N–H and O–H groups in total. The van der Waals surface area contributed by atoms with Gasteiger partial charge >= 0.3 is 0 Å². The van der Waals surface area contributed by atoms with Crippen LogP contribution in [-0.4, -0.2) is 37.9 Å². The molecule has 9 heavy (non-hydrogen) atoms. The molecule has 0 heterocycles. The second-order valence-electron chi connectivity index (χ2n) is 1.52. The van der Waals surface area contributed by atoms with Gasteiger partial charge in [-0.3, -0.25) is 4.79 Å². The van der Waals surface area contributed by atoms with Crippen LogP contribution in [0.1, 0.15) is 0 Å². The van der Waals surface area contributed by atoms with Gasteiger partial charge in [-0.25, -0.2) is 0 Å². The largest absolute Gasteiger partial charge is 0.393 e. The molecule has 4 heteroatoms. The fourth-order valence-electron chi connectivity index (χ4n) is 0.425. The van der Waals surface area contributed by atoms with E-state index in [2.05, 4.69) is 10.1 Å². The number of aliphatic hydroxyl groups excluding tert-OH is 1. The Morgan fingerprint density at radius 2 is 2.44 bits per heavy atom. The van der Waals surface area contributed by atoms with Crippen molar-refractivity contribution in [2.24, 2.45) is 0 Å². The minimum atomic E-state index is -0.727. The molecule has 0 spiro atoms. The zero-order chi connectivity index (χ0) is 7.28. The molecule has 54 valence electrons. The van der Waals surface area contributed by atoms with Gasteiger partial charge in [0, 0.05) is 14.2 Å². The van der Waals surface area contributed by atoms with E-state index >= 15 is 0 Å². The smallest absolute Gasteiger partial charge is 0.251 e. The van der Waals surface area contributed by atoms with Crippen molar-refractivity contribution in [3.8, 4) is 0 Å². The van der Waals surface area contributed by atoms with Gasteiger partial charge in [0.1, 0.15) is 0 Å². The van der Waals surface area contributed by atoms with Gasteiger partial charge in [0.25, 0.3) is 5.91 Å². The Bertz CT molecular complexity index is 90.2. The number of nitrogens with one attached hydrogen (secondary N) is 1. The lowest BCUT2D eigenvalue weighted by molar-refractivity contribution is -0.132. The molecule has 0 radical (unpaired) electrons. The molecule has 0 aliphatic rings. The highest BCUT2D eigenvalue weighted by molar-refractivity contribution is 5.80. The van der Waals surface area contributed by atoms with E-state index in [1.807, 2.05) is 0 Å². The van der Waals surface area contributed by atoms with Crippen molar-refractivity contribution >= 4 is 5.91 Å². The maximum absolute atomic E-state index is 10.6. The third-order valence-corrected chi connectivity index (χ3v) is 0.989. The van der Waals surface area contributed by atoms with Gasteiger partial charge < -0.3 is 15.2 Å². The molecule has 0 aromatic carbocycles. The first kappa shape index (κ1) is 8.39. The summed E-state index contributed by atoms with van der Waals surface area (Å²) in [7, 11) is 2.86. The lowest BCUT2D eigenvalue weighted by atomic mass is 10.3. The number of carbonyl (C=O) groups is 1. The fourth-order valence-corrected chi connectivity index (χ4v) is 0.425. The summed E-state index contributed by atoms with van der Waals surface area (Å²) < 4.78 is 4.59. The average molecular weight is 133 g/mol. The predicted octanol–water partition coefficient (Wildman–Crippen LogP) is -1.26. The van der Waals surface area contributed by atoms with Gasteiger partial charge in [-0.05, 0) is 0 Å². The molecule has 1 unspecified atom stereocenters. The second-order valence-corrected chi connectivity index (χ2v) is 1.52. The molecule has 1 amide bonds. The molecule has 0 aromatic rings. The van der Waals surface area contributed by atoms with Gasteiger partial charge in [0.15, 0.2) is 6.10 Å². The first-order valence-electron chi connectivity index (χ1n) is 2.61. The first-order chi connectivity index (χ1) is 4.26. The number of methoxy groups -OCH3 is 1. The van der Waals surface area contributed by atoms with Crippen molar-refractivity contribution < 1.29 is 14.6 Å². The molecule has 0 saturated carbocycles. The summed E-state index contributed by atoms with van der Waals surface area (Å²) in [5.74, 6) is -0.306. The summed E-state index contributed by atoms with van der Waals surface area (Å²) in [6.07, 6.45) is -0.727. The molecular formula is C5H11NO3. The maximum Gasteiger partial charge on any atom is 0.251 e. The minimum absolute atomic E-state index is 0.282. The average Bonchev–Trinajstić information content (AvgIpc) is 1.90. The highest BCUT2D eigenvalue weighted by atomic mass is 16.5. The number of likely N-dealkylation sites (N-methyl/N-ethyl adjacent to an activating group) is 1. The van der Waals surface area contributed by atoms with Crippen LogP contribution in [0.5, 0.6) is 0 Å². The standard InChI is InChI=1S/C5H11NO3/c1-6-5(8)4(3-7)9-2/h4,7H,3H2,1-2H3,(H,6,8). The van der Waals surface area contributed by atoms with E-state index in [0.717, 1.165) is 0 Å². The topological polar surface area (TPSA) is 58.6 Å². The lowest BCUT2D eigenvalue weighted by Crippen LogP contribution is -2.35. The molecule has 0 rings (SSSR count). The van der Waals surface area contributed by atoms with Crippen molar-refractivity contribution in [2.75, 3.05) is 20.8 Å². The van der Waals surface area contributed by atoms with Crippen LogP contribution < -0.4 is 5.32 Å². The zero-order valence-corrected chi connectivity index (χ0v) is 5.55. The van der Waals surface area contributed by atoms with Gasteiger partial charge in [-0.1, -0.05) is 0 Å². The van der Waals surface area contributed by atoms with Crippen molar-refractivity contribution in [3.05, 3.63) is 0 Å². The highest BCUT2D eigenvalue weighted by Crippen LogP contribution is 1.85. The molecule has 1 atom stereocenters. The molecular weight excluding hydrogens is 122 g/mol. The van der Waals surface area contributed by atoms with E-state index in [0.29, 0.717) is 0 Å². The Morgan fingerprint density at radius 1 is 1.89 bits per heavy atom. The molecule has 0 saturated heterocycles. The number of aliphatic hydroxyl groups is 1. The quantitative estimate of drug-likeness (QED) is 0.505. The SMILES string of the molecule is CNC(=O)C(CO)OC.